The number of rotatable bonds is 3. The molecule has 0 aromatic carbocycles. The van der Waals surface area contributed by atoms with Crippen molar-refractivity contribution in [2.75, 3.05) is 6.61 Å². The summed E-state index contributed by atoms with van der Waals surface area (Å²) in [6.45, 7) is 6.15. The summed E-state index contributed by atoms with van der Waals surface area (Å²) in [5, 5.41) is 19.4. The summed E-state index contributed by atoms with van der Waals surface area (Å²) in [6, 6.07) is 0. The van der Waals surface area contributed by atoms with E-state index in [2.05, 4.69) is 0 Å². The lowest BCUT2D eigenvalue weighted by Crippen LogP contribution is -2.53. The lowest BCUT2D eigenvalue weighted by molar-refractivity contribution is -0.278. The van der Waals surface area contributed by atoms with E-state index in [0.29, 0.717) is 6.61 Å². The number of aliphatic hydroxyl groups is 2. The van der Waals surface area contributed by atoms with Crippen LogP contribution in [0.5, 0.6) is 0 Å². The molecular weight excluding hydrogens is 184 g/mol. The first-order valence-electron chi connectivity index (χ1n) is 5.21. The molecule has 2 N–H and O–H groups in total. The van der Waals surface area contributed by atoms with Gasteiger partial charge in [0.2, 0.25) is 0 Å². The molecule has 4 heteroatoms. The Morgan fingerprint density at radius 2 is 1.86 bits per heavy atom. The molecule has 1 aliphatic heterocycles. The zero-order valence-corrected chi connectivity index (χ0v) is 9.01. The van der Waals surface area contributed by atoms with Crippen LogP contribution >= 0.6 is 0 Å². The molecular formula is C10H20O4. The average molecular weight is 204 g/mol. The molecule has 0 unspecified atom stereocenters. The van der Waals surface area contributed by atoms with Crippen LogP contribution < -0.4 is 0 Å². The van der Waals surface area contributed by atoms with Crippen LogP contribution in [0.3, 0.4) is 0 Å². The van der Waals surface area contributed by atoms with Crippen molar-refractivity contribution in [3.63, 3.8) is 0 Å². The van der Waals surface area contributed by atoms with Crippen LogP contribution in [0.4, 0.5) is 0 Å². The Balaban J connectivity index is 2.52. The minimum Gasteiger partial charge on any atom is -0.390 e. The Kier molecular flexibility index (Phi) is 4.31. The summed E-state index contributed by atoms with van der Waals surface area (Å²) in [6.07, 6.45) is -1.35. The quantitative estimate of drug-likeness (QED) is 0.703. The van der Waals surface area contributed by atoms with E-state index in [9.17, 15) is 10.2 Å². The van der Waals surface area contributed by atoms with Crippen LogP contribution in [0.15, 0.2) is 0 Å². The number of hydrogen-bond acceptors (Lipinski definition) is 4. The maximum absolute atomic E-state index is 9.74. The van der Waals surface area contributed by atoms with Gasteiger partial charge in [0.25, 0.3) is 0 Å². The highest BCUT2D eigenvalue weighted by atomic mass is 16.7. The summed E-state index contributed by atoms with van der Waals surface area (Å²) in [5.41, 5.74) is 0. The molecule has 0 aliphatic carbocycles. The fraction of sp³-hybridized carbons (Fsp3) is 1.00. The van der Waals surface area contributed by atoms with Crippen molar-refractivity contribution in [1.29, 1.82) is 0 Å². The van der Waals surface area contributed by atoms with E-state index in [0.717, 1.165) is 6.42 Å². The van der Waals surface area contributed by atoms with E-state index in [1.165, 1.54) is 0 Å². The second-order valence-electron chi connectivity index (χ2n) is 3.92. The predicted molar refractivity (Wildman–Crippen MR) is 51.8 cm³/mol. The summed E-state index contributed by atoms with van der Waals surface area (Å²) in [7, 11) is 0. The Morgan fingerprint density at radius 1 is 1.21 bits per heavy atom. The molecule has 0 amide bonds. The Bertz CT molecular complexity index is 174. The highest BCUT2D eigenvalue weighted by Crippen LogP contribution is 2.26. The van der Waals surface area contributed by atoms with Crippen LogP contribution in [-0.4, -0.2) is 41.4 Å². The van der Waals surface area contributed by atoms with E-state index >= 15 is 0 Å². The molecule has 1 fully saturated rings. The molecule has 1 saturated heterocycles. The smallest absolute Gasteiger partial charge is 0.184 e. The zero-order chi connectivity index (χ0) is 10.7. The van der Waals surface area contributed by atoms with Crippen LogP contribution in [0.25, 0.3) is 0 Å². The standard InChI is InChI=1S/C10H20O4/c1-4-5-13-10-9(12)6(2)8(11)7(3)14-10/h6-12H,4-5H2,1-3H3/t6-,7+,8+,9+,10-/m1/s1. The van der Waals surface area contributed by atoms with Crippen LogP contribution in [-0.2, 0) is 9.47 Å². The third-order valence-electron chi connectivity index (χ3n) is 2.67. The van der Waals surface area contributed by atoms with Crippen molar-refractivity contribution in [3.05, 3.63) is 0 Å². The van der Waals surface area contributed by atoms with Gasteiger partial charge in [-0.3, -0.25) is 0 Å². The Morgan fingerprint density at radius 3 is 2.43 bits per heavy atom. The van der Waals surface area contributed by atoms with Gasteiger partial charge in [0, 0.05) is 12.5 Å². The summed E-state index contributed by atoms with van der Waals surface area (Å²) in [5.74, 6) is -0.208. The molecule has 0 aromatic rings. The first-order valence-corrected chi connectivity index (χ1v) is 5.21. The molecule has 0 saturated carbocycles. The monoisotopic (exact) mass is 204 g/mol. The second-order valence-corrected chi connectivity index (χ2v) is 3.92. The summed E-state index contributed by atoms with van der Waals surface area (Å²) in [4.78, 5) is 0. The maximum Gasteiger partial charge on any atom is 0.184 e. The van der Waals surface area contributed by atoms with Gasteiger partial charge in [-0.1, -0.05) is 13.8 Å². The fourth-order valence-electron chi connectivity index (χ4n) is 1.62. The normalized spacial score (nSPS) is 43.9. The van der Waals surface area contributed by atoms with Gasteiger partial charge in [-0.15, -0.1) is 0 Å². The van der Waals surface area contributed by atoms with Gasteiger partial charge in [0.05, 0.1) is 12.2 Å². The molecule has 1 aliphatic rings. The molecule has 1 rings (SSSR count). The minimum absolute atomic E-state index is 0.208. The third kappa shape index (κ3) is 2.45. The van der Waals surface area contributed by atoms with Crippen molar-refractivity contribution < 1.29 is 19.7 Å². The molecule has 0 radical (unpaired) electrons. The number of ether oxygens (including phenoxy) is 2. The lowest BCUT2D eigenvalue weighted by atomic mass is 9.91. The van der Waals surface area contributed by atoms with Gasteiger partial charge >= 0.3 is 0 Å². The van der Waals surface area contributed by atoms with Gasteiger partial charge in [0.15, 0.2) is 6.29 Å². The van der Waals surface area contributed by atoms with E-state index in [4.69, 9.17) is 9.47 Å². The van der Waals surface area contributed by atoms with Gasteiger partial charge in [-0.05, 0) is 13.3 Å². The van der Waals surface area contributed by atoms with Gasteiger partial charge in [0.1, 0.15) is 6.10 Å². The van der Waals surface area contributed by atoms with Crippen LogP contribution in [0.2, 0.25) is 0 Å². The van der Waals surface area contributed by atoms with Crippen molar-refractivity contribution in [1.82, 2.24) is 0 Å². The van der Waals surface area contributed by atoms with Gasteiger partial charge in [-0.25, -0.2) is 0 Å². The summed E-state index contributed by atoms with van der Waals surface area (Å²) >= 11 is 0. The van der Waals surface area contributed by atoms with Crippen molar-refractivity contribution >= 4 is 0 Å². The molecule has 1 heterocycles. The zero-order valence-electron chi connectivity index (χ0n) is 9.01. The SMILES string of the molecule is CCCO[C@@H]1O[C@@H](C)[C@@H](O)[C@@H](C)[C@@H]1O. The van der Waals surface area contributed by atoms with Crippen LogP contribution in [0, 0.1) is 5.92 Å². The Hall–Kier alpha value is -0.160. The predicted octanol–water partition coefficient (Wildman–Crippen LogP) is 0.516. The maximum atomic E-state index is 9.74. The number of aliphatic hydroxyl groups excluding tert-OH is 2. The molecule has 5 atom stereocenters. The first-order chi connectivity index (χ1) is 6.57. The first kappa shape index (κ1) is 11.9. The molecule has 0 spiro atoms. The van der Waals surface area contributed by atoms with Crippen LogP contribution in [0.1, 0.15) is 27.2 Å². The molecule has 0 bridgehead atoms. The van der Waals surface area contributed by atoms with E-state index in [-0.39, 0.29) is 12.0 Å². The van der Waals surface area contributed by atoms with Crippen molar-refractivity contribution in [2.45, 2.75) is 51.8 Å². The molecule has 14 heavy (non-hydrogen) atoms. The van der Waals surface area contributed by atoms with E-state index < -0.39 is 18.5 Å². The minimum atomic E-state index is -0.743. The van der Waals surface area contributed by atoms with Gasteiger partial charge in [-0.2, -0.15) is 0 Å². The highest BCUT2D eigenvalue weighted by Gasteiger charge is 2.40. The molecule has 0 aromatic heterocycles. The highest BCUT2D eigenvalue weighted by molar-refractivity contribution is 4.84. The second kappa shape index (κ2) is 5.07. The Labute approximate surface area is 84.8 Å². The van der Waals surface area contributed by atoms with Crippen molar-refractivity contribution in [2.24, 2.45) is 5.92 Å². The molecule has 4 nitrogen and oxygen atoms in total. The topological polar surface area (TPSA) is 58.9 Å². The largest absolute Gasteiger partial charge is 0.390 e. The fourth-order valence-corrected chi connectivity index (χ4v) is 1.62. The van der Waals surface area contributed by atoms with Gasteiger partial charge < -0.3 is 19.7 Å². The lowest BCUT2D eigenvalue weighted by Gasteiger charge is -2.39. The summed E-state index contributed by atoms with van der Waals surface area (Å²) < 4.78 is 10.7. The molecule has 84 valence electrons. The van der Waals surface area contributed by atoms with E-state index in [1.807, 2.05) is 6.92 Å². The third-order valence-corrected chi connectivity index (χ3v) is 2.67. The van der Waals surface area contributed by atoms with Crippen molar-refractivity contribution in [3.8, 4) is 0 Å². The van der Waals surface area contributed by atoms with E-state index in [1.54, 1.807) is 13.8 Å². The average Bonchev–Trinajstić information content (AvgIpc) is 2.18. The number of hydrogen-bond donors (Lipinski definition) is 2.